The first kappa shape index (κ1) is 26.0. The number of rotatable bonds is 7. The SMILES string of the molecule is CSc1sc(C#N)c(C)c1C(=O)CCN1CCN(Cc2ccccc2)CC1.Cl.Cl. The van der Waals surface area contributed by atoms with Gasteiger partial charge in [-0.25, -0.2) is 0 Å². The van der Waals surface area contributed by atoms with Crippen LogP contribution in [0, 0.1) is 18.3 Å². The van der Waals surface area contributed by atoms with Gasteiger partial charge in [-0.1, -0.05) is 30.3 Å². The number of ketones is 1. The van der Waals surface area contributed by atoms with E-state index in [1.807, 2.05) is 13.2 Å². The molecule has 0 saturated carbocycles. The molecule has 2 heterocycles. The Morgan fingerprint density at radius 3 is 2.34 bits per heavy atom. The van der Waals surface area contributed by atoms with Gasteiger partial charge in [-0.05, 0) is 24.3 Å². The van der Waals surface area contributed by atoms with Crippen molar-refractivity contribution >= 4 is 53.7 Å². The van der Waals surface area contributed by atoms with Gasteiger partial charge in [0, 0.05) is 51.3 Å². The summed E-state index contributed by atoms with van der Waals surface area (Å²) in [5.74, 6) is 0.168. The van der Waals surface area contributed by atoms with Crippen LogP contribution >= 0.6 is 47.9 Å². The van der Waals surface area contributed by atoms with E-state index in [4.69, 9.17) is 0 Å². The zero-order chi connectivity index (χ0) is 19.2. The van der Waals surface area contributed by atoms with Crippen LogP contribution in [-0.2, 0) is 6.54 Å². The Balaban J connectivity index is 0.00000210. The molecule has 0 atom stereocenters. The molecule has 0 bridgehead atoms. The third-order valence-corrected chi connectivity index (χ3v) is 7.37. The first-order valence-corrected chi connectivity index (χ1v) is 11.3. The number of Topliss-reactive ketones (excluding diaryl/α,β-unsaturated/α-hetero) is 1. The van der Waals surface area contributed by atoms with Gasteiger partial charge in [0.25, 0.3) is 0 Å². The number of carbonyl (C=O) groups is 1. The molecule has 29 heavy (non-hydrogen) atoms. The standard InChI is InChI=1S/C21H25N3OS2.2ClH/c1-16-19(14-22)27-21(26-2)20(16)18(25)8-9-23-10-12-24(13-11-23)15-17-6-4-3-5-7-17;;/h3-7H,8-13,15H2,1-2H3;2*1H. The quantitative estimate of drug-likeness (QED) is 0.425. The molecule has 3 rings (SSSR count). The van der Waals surface area contributed by atoms with Gasteiger partial charge in [0.15, 0.2) is 5.78 Å². The molecule has 0 amide bonds. The summed E-state index contributed by atoms with van der Waals surface area (Å²) in [6, 6.07) is 12.8. The molecule has 0 spiro atoms. The van der Waals surface area contributed by atoms with Gasteiger partial charge >= 0.3 is 0 Å². The fourth-order valence-electron chi connectivity index (χ4n) is 3.46. The average Bonchev–Trinajstić information content (AvgIpc) is 3.03. The smallest absolute Gasteiger partial charge is 0.166 e. The number of nitriles is 1. The fraction of sp³-hybridized carbons (Fsp3) is 0.429. The Hall–Kier alpha value is -1.07. The lowest BCUT2D eigenvalue weighted by Gasteiger charge is -2.34. The van der Waals surface area contributed by atoms with Gasteiger partial charge in [0.2, 0.25) is 0 Å². The number of thiophene rings is 1. The molecule has 1 aromatic heterocycles. The number of carbonyl (C=O) groups excluding carboxylic acids is 1. The van der Waals surface area contributed by atoms with E-state index in [0.29, 0.717) is 11.3 Å². The van der Waals surface area contributed by atoms with Crippen LogP contribution in [0.15, 0.2) is 34.5 Å². The zero-order valence-electron chi connectivity index (χ0n) is 16.7. The third kappa shape index (κ3) is 6.71. The monoisotopic (exact) mass is 471 g/mol. The number of nitrogens with zero attached hydrogens (tertiary/aromatic N) is 3. The van der Waals surface area contributed by atoms with Crippen LogP contribution in [0.25, 0.3) is 0 Å². The van der Waals surface area contributed by atoms with Crippen molar-refractivity contribution in [2.45, 2.75) is 24.1 Å². The molecule has 1 aliphatic heterocycles. The second-order valence-corrected chi connectivity index (χ2v) is 8.91. The third-order valence-electron chi connectivity index (χ3n) is 5.05. The number of hydrogen-bond acceptors (Lipinski definition) is 6. The van der Waals surface area contributed by atoms with E-state index >= 15 is 0 Å². The van der Waals surface area contributed by atoms with E-state index in [9.17, 15) is 10.1 Å². The summed E-state index contributed by atoms with van der Waals surface area (Å²) >= 11 is 3.00. The van der Waals surface area contributed by atoms with E-state index in [1.165, 1.54) is 16.9 Å². The van der Waals surface area contributed by atoms with Crippen LogP contribution in [0.1, 0.15) is 32.8 Å². The first-order chi connectivity index (χ1) is 13.1. The summed E-state index contributed by atoms with van der Waals surface area (Å²) in [6.45, 7) is 7.76. The van der Waals surface area contributed by atoms with Crippen molar-refractivity contribution in [2.24, 2.45) is 0 Å². The Morgan fingerprint density at radius 1 is 1.14 bits per heavy atom. The van der Waals surface area contributed by atoms with E-state index in [1.54, 1.807) is 11.8 Å². The Morgan fingerprint density at radius 2 is 1.76 bits per heavy atom. The van der Waals surface area contributed by atoms with Crippen molar-refractivity contribution in [2.75, 3.05) is 39.0 Å². The molecule has 1 aliphatic rings. The van der Waals surface area contributed by atoms with Crippen molar-refractivity contribution in [3.05, 3.63) is 51.9 Å². The van der Waals surface area contributed by atoms with Crippen molar-refractivity contribution in [1.29, 1.82) is 5.26 Å². The number of halogens is 2. The highest BCUT2D eigenvalue weighted by Gasteiger charge is 2.22. The summed E-state index contributed by atoms with van der Waals surface area (Å²) in [4.78, 5) is 18.3. The predicted molar refractivity (Wildman–Crippen MR) is 127 cm³/mol. The molecular weight excluding hydrogens is 445 g/mol. The maximum atomic E-state index is 12.8. The van der Waals surface area contributed by atoms with Gasteiger partial charge in [-0.2, -0.15) is 5.26 Å². The summed E-state index contributed by atoms with van der Waals surface area (Å²) in [7, 11) is 0. The number of benzene rings is 1. The fourth-order valence-corrected chi connectivity index (χ4v) is 5.37. The number of hydrogen-bond donors (Lipinski definition) is 0. The highest BCUT2D eigenvalue weighted by molar-refractivity contribution is 8.00. The molecule has 0 N–H and O–H groups in total. The van der Waals surface area contributed by atoms with Gasteiger partial charge in [-0.15, -0.1) is 47.9 Å². The molecule has 4 nitrogen and oxygen atoms in total. The summed E-state index contributed by atoms with van der Waals surface area (Å²) < 4.78 is 0.974. The molecule has 1 fully saturated rings. The largest absolute Gasteiger partial charge is 0.300 e. The van der Waals surface area contributed by atoms with Gasteiger partial charge in [0.05, 0.1) is 4.21 Å². The zero-order valence-corrected chi connectivity index (χ0v) is 20.0. The summed E-state index contributed by atoms with van der Waals surface area (Å²) in [5, 5.41) is 9.22. The van der Waals surface area contributed by atoms with Crippen molar-refractivity contribution < 1.29 is 4.79 Å². The highest BCUT2D eigenvalue weighted by atomic mass is 35.5. The number of piperazine rings is 1. The summed E-state index contributed by atoms with van der Waals surface area (Å²) in [5.41, 5.74) is 2.98. The van der Waals surface area contributed by atoms with Crippen LogP contribution in [0.2, 0.25) is 0 Å². The van der Waals surface area contributed by atoms with Crippen LogP contribution in [-0.4, -0.2) is 54.6 Å². The lowest BCUT2D eigenvalue weighted by Crippen LogP contribution is -2.46. The highest BCUT2D eigenvalue weighted by Crippen LogP contribution is 2.35. The lowest BCUT2D eigenvalue weighted by atomic mass is 10.1. The Kier molecular flexibility index (Phi) is 11.3. The Bertz CT molecular complexity index is 828. The minimum atomic E-state index is 0. The normalized spacial score (nSPS) is 14.5. The minimum absolute atomic E-state index is 0. The van der Waals surface area contributed by atoms with Crippen molar-refractivity contribution in [1.82, 2.24) is 9.80 Å². The lowest BCUT2D eigenvalue weighted by molar-refractivity contribution is 0.0920. The second-order valence-electron chi connectivity index (χ2n) is 6.81. The van der Waals surface area contributed by atoms with E-state index in [2.05, 4.69) is 46.2 Å². The van der Waals surface area contributed by atoms with Gasteiger partial charge in [0.1, 0.15) is 10.9 Å². The molecule has 0 aliphatic carbocycles. The minimum Gasteiger partial charge on any atom is -0.300 e. The van der Waals surface area contributed by atoms with E-state index in [-0.39, 0.29) is 30.6 Å². The molecule has 0 unspecified atom stereocenters. The average molecular weight is 473 g/mol. The predicted octanol–water partition coefficient (Wildman–Crippen LogP) is 4.88. The molecule has 1 aromatic carbocycles. The van der Waals surface area contributed by atoms with Gasteiger partial charge in [-0.3, -0.25) is 9.69 Å². The van der Waals surface area contributed by atoms with Crippen LogP contribution in [0.3, 0.4) is 0 Å². The Labute approximate surface area is 194 Å². The number of thioether (sulfide) groups is 1. The molecule has 158 valence electrons. The second kappa shape index (κ2) is 12.6. The topological polar surface area (TPSA) is 47.3 Å². The van der Waals surface area contributed by atoms with Crippen LogP contribution < -0.4 is 0 Å². The van der Waals surface area contributed by atoms with Crippen LogP contribution in [0.4, 0.5) is 0 Å². The summed E-state index contributed by atoms with van der Waals surface area (Å²) in [6.07, 6.45) is 2.49. The molecule has 8 heteroatoms. The molecule has 1 saturated heterocycles. The van der Waals surface area contributed by atoms with E-state index in [0.717, 1.165) is 54.6 Å². The van der Waals surface area contributed by atoms with Gasteiger partial charge < -0.3 is 4.90 Å². The molecular formula is C21H27Cl2N3OS2. The maximum Gasteiger partial charge on any atom is 0.166 e. The molecule has 2 aromatic rings. The molecule has 0 radical (unpaired) electrons. The maximum absolute atomic E-state index is 12.8. The van der Waals surface area contributed by atoms with Crippen LogP contribution in [0.5, 0.6) is 0 Å². The van der Waals surface area contributed by atoms with Crippen molar-refractivity contribution in [3.8, 4) is 6.07 Å². The van der Waals surface area contributed by atoms with E-state index < -0.39 is 0 Å². The van der Waals surface area contributed by atoms with Crippen molar-refractivity contribution in [3.63, 3.8) is 0 Å². The first-order valence-electron chi connectivity index (χ1n) is 9.21.